The molecule has 168 valence electrons. The number of aryl methyl sites for hydroxylation is 1. The molecular weight excluding hydrogens is 410 g/mol. The summed E-state index contributed by atoms with van der Waals surface area (Å²) in [5.74, 6) is -0.394. The quantitative estimate of drug-likeness (QED) is 0.624. The first-order chi connectivity index (χ1) is 14.6. The molecule has 8 nitrogen and oxygen atoms in total. The minimum Gasteiger partial charge on any atom is -0.481 e. The molecule has 0 fully saturated rings. The van der Waals surface area contributed by atoms with Gasteiger partial charge in [0.05, 0.1) is 13.2 Å². The largest absolute Gasteiger partial charge is 0.481 e. The van der Waals surface area contributed by atoms with Crippen molar-refractivity contribution in [2.45, 2.75) is 40.2 Å². The zero-order valence-corrected chi connectivity index (χ0v) is 18.0. The van der Waals surface area contributed by atoms with Crippen molar-refractivity contribution in [2.75, 3.05) is 19.0 Å². The van der Waals surface area contributed by atoms with Crippen molar-refractivity contribution in [3.8, 4) is 11.8 Å². The maximum Gasteiger partial charge on any atom is 0.272 e. The monoisotopic (exact) mass is 436 g/mol. The number of halogens is 2. The molecule has 0 aliphatic carbocycles. The van der Waals surface area contributed by atoms with Crippen molar-refractivity contribution in [3.05, 3.63) is 41.1 Å². The van der Waals surface area contributed by atoms with Crippen LogP contribution in [0.1, 0.15) is 48.4 Å². The van der Waals surface area contributed by atoms with Gasteiger partial charge in [0.1, 0.15) is 5.82 Å². The van der Waals surface area contributed by atoms with Gasteiger partial charge >= 0.3 is 0 Å². The number of hydrogen-bond donors (Lipinski definition) is 2. The standard InChI is InChI=1S/C21H26F2N4O4/c1-11(2)19(28)26-17-9-14(8-12(3)24-17)20(29)25-13(4)15-6-7-18(27-21(15)30-5)31-10-16(22)23/h6-9,11,13,16H,10H2,1-5H3,(H,25,29)(H,24,26,28). The van der Waals surface area contributed by atoms with Crippen molar-refractivity contribution >= 4 is 17.6 Å². The normalized spacial score (nSPS) is 11.9. The molecule has 2 aromatic heterocycles. The lowest BCUT2D eigenvalue weighted by molar-refractivity contribution is -0.118. The van der Waals surface area contributed by atoms with Crippen LogP contribution in [0.2, 0.25) is 0 Å². The van der Waals surface area contributed by atoms with Crippen LogP contribution in [-0.4, -0.2) is 41.9 Å². The second kappa shape index (κ2) is 10.6. The van der Waals surface area contributed by atoms with Gasteiger partial charge in [0, 0.05) is 28.8 Å². The summed E-state index contributed by atoms with van der Waals surface area (Å²) in [5.41, 5.74) is 1.43. The summed E-state index contributed by atoms with van der Waals surface area (Å²) in [7, 11) is 1.38. The van der Waals surface area contributed by atoms with Gasteiger partial charge in [0.2, 0.25) is 17.7 Å². The molecule has 0 bridgehead atoms. The van der Waals surface area contributed by atoms with E-state index in [0.717, 1.165) is 0 Å². The smallest absolute Gasteiger partial charge is 0.272 e. The van der Waals surface area contributed by atoms with E-state index < -0.39 is 25.0 Å². The van der Waals surface area contributed by atoms with Gasteiger partial charge in [-0.2, -0.15) is 4.98 Å². The van der Waals surface area contributed by atoms with E-state index in [4.69, 9.17) is 9.47 Å². The highest BCUT2D eigenvalue weighted by atomic mass is 19.3. The first kappa shape index (κ1) is 24.0. The molecule has 0 spiro atoms. The Labute approximate surface area is 179 Å². The third-order valence-electron chi connectivity index (χ3n) is 4.22. The maximum atomic E-state index is 12.8. The molecule has 10 heteroatoms. The summed E-state index contributed by atoms with van der Waals surface area (Å²) in [4.78, 5) is 33.0. The molecule has 0 saturated heterocycles. The zero-order valence-electron chi connectivity index (χ0n) is 18.0. The van der Waals surface area contributed by atoms with Gasteiger partial charge in [-0.3, -0.25) is 9.59 Å². The fraction of sp³-hybridized carbons (Fsp3) is 0.429. The Balaban J connectivity index is 2.16. The Morgan fingerprint density at radius 3 is 2.45 bits per heavy atom. The number of nitrogens with zero attached hydrogens (tertiary/aromatic N) is 2. The molecule has 2 heterocycles. The number of aromatic nitrogens is 2. The van der Waals surface area contributed by atoms with Gasteiger partial charge in [-0.05, 0) is 32.0 Å². The highest BCUT2D eigenvalue weighted by molar-refractivity contribution is 5.97. The van der Waals surface area contributed by atoms with E-state index in [-0.39, 0.29) is 29.4 Å². The number of anilines is 1. The molecular formula is C21H26F2N4O4. The van der Waals surface area contributed by atoms with E-state index >= 15 is 0 Å². The summed E-state index contributed by atoms with van der Waals surface area (Å²) in [6, 6.07) is 5.60. The van der Waals surface area contributed by atoms with Crippen molar-refractivity contribution in [2.24, 2.45) is 5.92 Å². The molecule has 2 amide bonds. The van der Waals surface area contributed by atoms with Gasteiger partial charge < -0.3 is 20.1 Å². The predicted octanol–water partition coefficient (Wildman–Crippen LogP) is 3.52. The Hall–Kier alpha value is -3.30. The number of ether oxygens (including phenoxy) is 2. The Morgan fingerprint density at radius 2 is 1.84 bits per heavy atom. The first-order valence-electron chi connectivity index (χ1n) is 9.67. The third kappa shape index (κ3) is 6.87. The minimum atomic E-state index is -2.62. The average molecular weight is 436 g/mol. The first-order valence-corrected chi connectivity index (χ1v) is 9.67. The highest BCUT2D eigenvalue weighted by Gasteiger charge is 2.19. The van der Waals surface area contributed by atoms with E-state index in [1.165, 1.54) is 19.2 Å². The second-order valence-corrected chi connectivity index (χ2v) is 7.17. The number of nitrogens with one attached hydrogen (secondary N) is 2. The fourth-order valence-corrected chi connectivity index (χ4v) is 2.65. The van der Waals surface area contributed by atoms with Crippen LogP contribution in [0.5, 0.6) is 11.8 Å². The van der Waals surface area contributed by atoms with E-state index in [0.29, 0.717) is 16.8 Å². The average Bonchev–Trinajstić information content (AvgIpc) is 2.71. The summed E-state index contributed by atoms with van der Waals surface area (Å²) >= 11 is 0. The van der Waals surface area contributed by atoms with Gasteiger partial charge in [-0.25, -0.2) is 13.8 Å². The van der Waals surface area contributed by atoms with Crippen LogP contribution in [0.15, 0.2) is 24.3 Å². The summed E-state index contributed by atoms with van der Waals surface area (Å²) < 4.78 is 34.8. The van der Waals surface area contributed by atoms with E-state index in [9.17, 15) is 18.4 Å². The molecule has 0 radical (unpaired) electrons. The Morgan fingerprint density at radius 1 is 1.13 bits per heavy atom. The van der Waals surface area contributed by atoms with Gasteiger partial charge in [-0.1, -0.05) is 13.8 Å². The number of carbonyl (C=O) groups excluding carboxylic acids is 2. The highest BCUT2D eigenvalue weighted by Crippen LogP contribution is 2.26. The SMILES string of the molecule is COc1nc(OCC(F)F)ccc1C(C)NC(=O)c1cc(C)nc(NC(=O)C(C)C)c1. The Bertz CT molecular complexity index is 938. The van der Waals surface area contributed by atoms with Gasteiger partial charge in [0.25, 0.3) is 12.3 Å². The van der Waals surface area contributed by atoms with E-state index in [1.807, 2.05) is 0 Å². The van der Waals surface area contributed by atoms with Gasteiger partial charge in [-0.15, -0.1) is 0 Å². The molecule has 2 rings (SSSR count). The molecule has 31 heavy (non-hydrogen) atoms. The predicted molar refractivity (Wildman–Crippen MR) is 111 cm³/mol. The lowest BCUT2D eigenvalue weighted by atomic mass is 10.1. The van der Waals surface area contributed by atoms with Crippen molar-refractivity contribution in [1.29, 1.82) is 0 Å². The summed E-state index contributed by atoms with van der Waals surface area (Å²) in [6.45, 7) is 6.18. The number of pyridine rings is 2. The number of hydrogen-bond acceptors (Lipinski definition) is 6. The minimum absolute atomic E-state index is 0.00489. The van der Waals surface area contributed by atoms with Crippen molar-refractivity contribution < 1.29 is 27.8 Å². The molecule has 0 aliphatic heterocycles. The zero-order chi connectivity index (χ0) is 23.1. The summed E-state index contributed by atoms with van der Waals surface area (Å²) in [5, 5.41) is 5.51. The third-order valence-corrected chi connectivity index (χ3v) is 4.22. The van der Waals surface area contributed by atoms with Crippen LogP contribution in [0, 0.1) is 12.8 Å². The number of carbonyl (C=O) groups is 2. The molecule has 2 N–H and O–H groups in total. The number of amides is 2. The van der Waals surface area contributed by atoms with Crippen LogP contribution in [0.4, 0.5) is 14.6 Å². The molecule has 1 atom stereocenters. The summed E-state index contributed by atoms with van der Waals surface area (Å²) in [6.07, 6.45) is -2.62. The van der Waals surface area contributed by atoms with Crippen molar-refractivity contribution in [1.82, 2.24) is 15.3 Å². The van der Waals surface area contributed by atoms with Crippen LogP contribution in [0.3, 0.4) is 0 Å². The lowest BCUT2D eigenvalue weighted by Crippen LogP contribution is -2.27. The maximum absolute atomic E-state index is 12.8. The molecule has 2 aromatic rings. The van der Waals surface area contributed by atoms with Crippen LogP contribution < -0.4 is 20.1 Å². The second-order valence-electron chi connectivity index (χ2n) is 7.17. The molecule has 0 aliphatic rings. The molecule has 0 aromatic carbocycles. The Kier molecular flexibility index (Phi) is 8.23. The molecule has 1 unspecified atom stereocenters. The van der Waals surface area contributed by atoms with E-state index in [1.54, 1.807) is 39.8 Å². The number of methoxy groups -OCH3 is 1. The lowest BCUT2D eigenvalue weighted by Gasteiger charge is -2.18. The number of alkyl halides is 2. The van der Waals surface area contributed by atoms with Crippen LogP contribution in [0.25, 0.3) is 0 Å². The fourth-order valence-electron chi connectivity index (χ4n) is 2.65. The van der Waals surface area contributed by atoms with Gasteiger partial charge in [0.15, 0.2) is 6.61 Å². The van der Waals surface area contributed by atoms with Crippen LogP contribution >= 0.6 is 0 Å². The number of rotatable bonds is 9. The topological polar surface area (TPSA) is 102 Å². The van der Waals surface area contributed by atoms with E-state index in [2.05, 4.69) is 20.6 Å². The molecule has 0 saturated carbocycles. The van der Waals surface area contributed by atoms with Crippen LogP contribution in [-0.2, 0) is 4.79 Å². The van der Waals surface area contributed by atoms with Crippen molar-refractivity contribution in [3.63, 3.8) is 0 Å².